The number of benzene rings is 1. The molecule has 0 aliphatic carbocycles. The SMILES string of the molecule is Cc1nc(-c2ccccn2)sc1C(=O)NCCOc1ccc(C(C)(C)C)cc1. The lowest BCUT2D eigenvalue weighted by Gasteiger charge is -2.19. The van der Waals surface area contributed by atoms with E-state index in [-0.39, 0.29) is 11.3 Å². The number of aromatic nitrogens is 2. The summed E-state index contributed by atoms with van der Waals surface area (Å²) in [6.07, 6.45) is 1.72. The molecule has 0 aliphatic rings. The van der Waals surface area contributed by atoms with E-state index in [9.17, 15) is 4.79 Å². The maximum atomic E-state index is 12.5. The fourth-order valence-electron chi connectivity index (χ4n) is 2.67. The smallest absolute Gasteiger partial charge is 0.263 e. The summed E-state index contributed by atoms with van der Waals surface area (Å²) >= 11 is 1.35. The van der Waals surface area contributed by atoms with Gasteiger partial charge in [0, 0.05) is 6.20 Å². The zero-order valence-electron chi connectivity index (χ0n) is 16.7. The minimum Gasteiger partial charge on any atom is -0.492 e. The molecule has 28 heavy (non-hydrogen) atoms. The molecule has 6 heteroatoms. The van der Waals surface area contributed by atoms with Gasteiger partial charge in [-0.15, -0.1) is 11.3 Å². The van der Waals surface area contributed by atoms with E-state index in [4.69, 9.17) is 4.74 Å². The first-order valence-electron chi connectivity index (χ1n) is 9.25. The van der Waals surface area contributed by atoms with Gasteiger partial charge in [-0.05, 0) is 42.2 Å². The van der Waals surface area contributed by atoms with Crippen LogP contribution in [0.3, 0.4) is 0 Å². The van der Waals surface area contributed by atoms with Crippen molar-refractivity contribution in [3.63, 3.8) is 0 Å². The van der Waals surface area contributed by atoms with Crippen molar-refractivity contribution in [2.75, 3.05) is 13.2 Å². The molecule has 3 rings (SSSR count). The van der Waals surface area contributed by atoms with Gasteiger partial charge in [-0.2, -0.15) is 0 Å². The molecule has 2 aromatic heterocycles. The molecule has 0 unspecified atom stereocenters. The van der Waals surface area contributed by atoms with Gasteiger partial charge in [-0.1, -0.05) is 39.0 Å². The van der Waals surface area contributed by atoms with Gasteiger partial charge in [0.25, 0.3) is 5.91 Å². The van der Waals surface area contributed by atoms with Crippen molar-refractivity contribution in [2.24, 2.45) is 0 Å². The van der Waals surface area contributed by atoms with Crippen molar-refractivity contribution in [1.29, 1.82) is 0 Å². The highest BCUT2D eigenvalue weighted by molar-refractivity contribution is 7.17. The van der Waals surface area contributed by atoms with Crippen LogP contribution in [0.2, 0.25) is 0 Å². The average Bonchev–Trinajstić information content (AvgIpc) is 3.07. The molecular formula is C22H25N3O2S. The molecular weight excluding hydrogens is 370 g/mol. The monoisotopic (exact) mass is 395 g/mol. The summed E-state index contributed by atoms with van der Waals surface area (Å²) in [5, 5.41) is 3.65. The maximum absolute atomic E-state index is 12.5. The summed E-state index contributed by atoms with van der Waals surface area (Å²) in [5.41, 5.74) is 2.86. The summed E-state index contributed by atoms with van der Waals surface area (Å²) in [5.74, 6) is 0.664. The molecule has 0 fully saturated rings. The lowest BCUT2D eigenvalue weighted by atomic mass is 9.87. The van der Waals surface area contributed by atoms with Crippen LogP contribution in [-0.4, -0.2) is 29.0 Å². The van der Waals surface area contributed by atoms with Crippen molar-refractivity contribution in [2.45, 2.75) is 33.1 Å². The zero-order valence-corrected chi connectivity index (χ0v) is 17.5. The number of rotatable bonds is 6. The van der Waals surface area contributed by atoms with Crippen LogP contribution in [0.15, 0.2) is 48.7 Å². The Morgan fingerprint density at radius 3 is 2.54 bits per heavy atom. The largest absolute Gasteiger partial charge is 0.492 e. The van der Waals surface area contributed by atoms with E-state index in [0.29, 0.717) is 23.7 Å². The minimum absolute atomic E-state index is 0.118. The fraction of sp³-hybridized carbons (Fsp3) is 0.318. The number of carbonyl (C=O) groups excluding carboxylic acids is 1. The number of aryl methyl sites for hydroxylation is 1. The Morgan fingerprint density at radius 2 is 1.89 bits per heavy atom. The van der Waals surface area contributed by atoms with Crippen LogP contribution < -0.4 is 10.1 Å². The van der Waals surface area contributed by atoms with Gasteiger partial charge < -0.3 is 10.1 Å². The summed E-state index contributed by atoms with van der Waals surface area (Å²) in [6, 6.07) is 13.7. The highest BCUT2D eigenvalue weighted by Crippen LogP contribution is 2.26. The molecule has 3 aromatic rings. The molecule has 5 nitrogen and oxygen atoms in total. The lowest BCUT2D eigenvalue weighted by molar-refractivity contribution is 0.0950. The van der Waals surface area contributed by atoms with Crippen LogP contribution in [0, 0.1) is 6.92 Å². The standard InChI is InChI=1S/C22H25N3O2S/c1-15-19(28-21(25-15)18-7-5-6-12-23-18)20(26)24-13-14-27-17-10-8-16(9-11-17)22(2,3)4/h5-12H,13-14H2,1-4H3,(H,24,26). The van der Waals surface area contributed by atoms with Crippen molar-refractivity contribution in [3.8, 4) is 16.5 Å². The van der Waals surface area contributed by atoms with Crippen LogP contribution in [0.1, 0.15) is 41.7 Å². The number of pyridine rings is 1. The minimum atomic E-state index is -0.135. The van der Waals surface area contributed by atoms with E-state index >= 15 is 0 Å². The first kappa shape index (κ1) is 20.0. The Morgan fingerprint density at radius 1 is 1.14 bits per heavy atom. The van der Waals surface area contributed by atoms with Crippen molar-refractivity contribution < 1.29 is 9.53 Å². The van der Waals surface area contributed by atoms with Crippen molar-refractivity contribution in [3.05, 3.63) is 64.8 Å². The second kappa shape index (κ2) is 8.52. The molecule has 1 aromatic carbocycles. The summed E-state index contributed by atoms with van der Waals surface area (Å²) in [6.45, 7) is 9.21. The van der Waals surface area contributed by atoms with Crippen LogP contribution in [0.4, 0.5) is 0 Å². The van der Waals surface area contributed by atoms with E-state index in [1.165, 1.54) is 16.9 Å². The summed E-state index contributed by atoms with van der Waals surface area (Å²) in [7, 11) is 0. The molecule has 0 bridgehead atoms. The third-order valence-electron chi connectivity index (χ3n) is 4.26. The molecule has 0 aliphatic heterocycles. The average molecular weight is 396 g/mol. The Balaban J connectivity index is 1.52. The number of hydrogen-bond acceptors (Lipinski definition) is 5. The van der Waals surface area contributed by atoms with Gasteiger partial charge in [0.1, 0.15) is 22.2 Å². The molecule has 0 spiro atoms. The van der Waals surface area contributed by atoms with Crippen LogP contribution in [0.25, 0.3) is 10.7 Å². The molecule has 0 radical (unpaired) electrons. The predicted octanol–water partition coefficient (Wildman–Crippen LogP) is 4.62. The molecule has 0 saturated heterocycles. The van der Waals surface area contributed by atoms with Crippen molar-refractivity contribution in [1.82, 2.24) is 15.3 Å². The predicted molar refractivity (Wildman–Crippen MR) is 113 cm³/mol. The zero-order chi connectivity index (χ0) is 20.1. The molecule has 0 saturated carbocycles. The lowest BCUT2D eigenvalue weighted by Crippen LogP contribution is -2.27. The van der Waals surface area contributed by atoms with Crippen LogP contribution in [-0.2, 0) is 5.41 Å². The fourth-order valence-corrected chi connectivity index (χ4v) is 3.63. The Labute approximate surface area is 169 Å². The number of amides is 1. The number of ether oxygens (including phenoxy) is 1. The quantitative estimate of drug-likeness (QED) is 0.619. The van der Waals surface area contributed by atoms with Gasteiger partial charge in [0.2, 0.25) is 0 Å². The van der Waals surface area contributed by atoms with Gasteiger partial charge in [0.15, 0.2) is 0 Å². The maximum Gasteiger partial charge on any atom is 0.263 e. The Bertz CT molecular complexity index is 929. The highest BCUT2D eigenvalue weighted by Gasteiger charge is 2.16. The summed E-state index contributed by atoms with van der Waals surface area (Å²) < 4.78 is 5.73. The van der Waals surface area contributed by atoms with Gasteiger partial charge >= 0.3 is 0 Å². The van der Waals surface area contributed by atoms with Gasteiger partial charge in [-0.25, -0.2) is 4.98 Å². The number of thiazole rings is 1. The van der Waals surface area contributed by atoms with Crippen LogP contribution in [0.5, 0.6) is 5.75 Å². The van der Waals surface area contributed by atoms with E-state index in [1.54, 1.807) is 6.20 Å². The Kier molecular flexibility index (Phi) is 6.09. The summed E-state index contributed by atoms with van der Waals surface area (Å²) in [4.78, 5) is 21.8. The number of nitrogens with one attached hydrogen (secondary N) is 1. The topological polar surface area (TPSA) is 64.1 Å². The number of carbonyl (C=O) groups is 1. The molecule has 1 N–H and O–H groups in total. The number of hydrogen-bond donors (Lipinski definition) is 1. The third kappa shape index (κ3) is 4.95. The molecule has 0 atom stereocenters. The van der Waals surface area contributed by atoms with Gasteiger partial charge in [-0.3, -0.25) is 9.78 Å². The van der Waals surface area contributed by atoms with E-state index in [0.717, 1.165) is 16.5 Å². The third-order valence-corrected chi connectivity index (χ3v) is 5.44. The van der Waals surface area contributed by atoms with E-state index < -0.39 is 0 Å². The first-order chi connectivity index (χ1) is 13.3. The van der Waals surface area contributed by atoms with E-state index in [2.05, 4.69) is 48.2 Å². The van der Waals surface area contributed by atoms with E-state index in [1.807, 2.05) is 37.3 Å². The first-order valence-corrected chi connectivity index (χ1v) is 10.1. The van der Waals surface area contributed by atoms with Crippen molar-refractivity contribution >= 4 is 17.2 Å². The number of nitrogens with zero attached hydrogens (tertiary/aromatic N) is 2. The molecule has 2 heterocycles. The second-order valence-electron chi connectivity index (χ2n) is 7.53. The van der Waals surface area contributed by atoms with Gasteiger partial charge in [0.05, 0.1) is 17.9 Å². The Hall–Kier alpha value is -2.73. The normalized spacial score (nSPS) is 11.3. The second-order valence-corrected chi connectivity index (χ2v) is 8.53. The highest BCUT2D eigenvalue weighted by atomic mass is 32.1. The van der Waals surface area contributed by atoms with Crippen LogP contribution >= 0.6 is 11.3 Å². The molecule has 146 valence electrons. The molecule has 1 amide bonds.